The number of carbonyl (C=O) groups excluding carboxylic acids is 1. The SMILES string of the molecule is CCOc1ccc2ccccc2c1C=C1SC(=S)N(c2ccc(F)c(Cl)c2)C1=O. The number of halogens is 2. The van der Waals surface area contributed by atoms with Crippen LogP contribution in [0.5, 0.6) is 5.75 Å². The molecule has 1 fully saturated rings. The van der Waals surface area contributed by atoms with E-state index in [1.807, 2.05) is 43.3 Å². The molecule has 1 aliphatic heterocycles. The Hall–Kier alpha value is -2.41. The van der Waals surface area contributed by atoms with Crippen molar-refractivity contribution < 1.29 is 13.9 Å². The number of ether oxygens (including phenoxy) is 1. The Bertz CT molecular complexity index is 1180. The molecule has 0 unspecified atom stereocenters. The molecule has 0 aromatic heterocycles. The van der Waals surface area contributed by atoms with Gasteiger partial charge in [-0.1, -0.05) is 65.9 Å². The summed E-state index contributed by atoms with van der Waals surface area (Å²) in [7, 11) is 0. The summed E-state index contributed by atoms with van der Waals surface area (Å²) in [4.78, 5) is 14.9. The predicted octanol–water partition coefficient (Wildman–Crippen LogP) is 6.44. The van der Waals surface area contributed by atoms with E-state index in [0.717, 1.165) is 16.3 Å². The lowest BCUT2D eigenvalue weighted by Crippen LogP contribution is -2.27. The van der Waals surface area contributed by atoms with Crippen LogP contribution in [0.25, 0.3) is 16.8 Å². The van der Waals surface area contributed by atoms with Gasteiger partial charge in [0.1, 0.15) is 11.6 Å². The second kappa shape index (κ2) is 8.14. The van der Waals surface area contributed by atoms with Crippen LogP contribution in [0.4, 0.5) is 10.1 Å². The third kappa shape index (κ3) is 3.75. The zero-order valence-corrected chi connectivity index (χ0v) is 17.7. The molecular formula is C22H15ClFNO2S2. The van der Waals surface area contributed by atoms with Crippen molar-refractivity contribution in [2.75, 3.05) is 11.5 Å². The van der Waals surface area contributed by atoms with E-state index < -0.39 is 5.82 Å². The highest BCUT2D eigenvalue weighted by Gasteiger charge is 2.34. The number of fused-ring (bicyclic) bond motifs is 1. The van der Waals surface area contributed by atoms with Gasteiger partial charge in [0.25, 0.3) is 5.91 Å². The van der Waals surface area contributed by atoms with E-state index >= 15 is 0 Å². The number of thiocarbonyl (C=S) groups is 1. The van der Waals surface area contributed by atoms with Gasteiger partial charge < -0.3 is 4.74 Å². The molecule has 7 heteroatoms. The molecule has 29 heavy (non-hydrogen) atoms. The topological polar surface area (TPSA) is 29.5 Å². The van der Waals surface area contributed by atoms with Crippen molar-refractivity contribution >= 4 is 68.3 Å². The number of anilines is 1. The number of rotatable bonds is 4. The summed E-state index contributed by atoms with van der Waals surface area (Å²) in [6.45, 7) is 2.42. The van der Waals surface area contributed by atoms with Gasteiger partial charge in [0.05, 0.1) is 22.2 Å². The molecule has 1 saturated heterocycles. The highest BCUT2D eigenvalue weighted by atomic mass is 35.5. The normalized spacial score (nSPS) is 15.6. The largest absolute Gasteiger partial charge is 0.493 e. The van der Waals surface area contributed by atoms with Gasteiger partial charge >= 0.3 is 0 Å². The molecular weight excluding hydrogens is 429 g/mol. The quantitative estimate of drug-likeness (QED) is 0.343. The van der Waals surface area contributed by atoms with Crippen LogP contribution in [0.15, 0.2) is 59.5 Å². The lowest BCUT2D eigenvalue weighted by Gasteiger charge is -2.15. The maximum Gasteiger partial charge on any atom is 0.270 e. The van der Waals surface area contributed by atoms with E-state index in [1.165, 1.54) is 34.9 Å². The third-order valence-electron chi connectivity index (χ3n) is 4.46. The van der Waals surface area contributed by atoms with E-state index in [0.29, 0.717) is 27.3 Å². The predicted molar refractivity (Wildman–Crippen MR) is 122 cm³/mol. The molecule has 4 rings (SSSR count). The van der Waals surface area contributed by atoms with Crippen LogP contribution in [-0.4, -0.2) is 16.8 Å². The molecule has 146 valence electrons. The first kappa shape index (κ1) is 19.9. The lowest BCUT2D eigenvalue weighted by atomic mass is 10.0. The van der Waals surface area contributed by atoms with Gasteiger partial charge in [-0.15, -0.1) is 0 Å². The highest BCUT2D eigenvalue weighted by molar-refractivity contribution is 8.27. The first-order valence-corrected chi connectivity index (χ1v) is 10.5. The van der Waals surface area contributed by atoms with E-state index in [1.54, 1.807) is 6.08 Å². The summed E-state index contributed by atoms with van der Waals surface area (Å²) in [6.07, 6.45) is 1.80. The van der Waals surface area contributed by atoms with Gasteiger partial charge in [0, 0.05) is 5.56 Å². The van der Waals surface area contributed by atoms with Crippen LogP contribution in [0, 0.1) is 5.82 Å². The fourth-order valence-corrected chi connectivity index (χ4v) is 4.61. The minimum Gasteiger partial charge on any atom is -0.493 e. The molecule has 3 nitrogen and oxygen atoms in total. The van der Waals surface area contributed by atoms with Gasteiger partial charge in [-0.05, 0) is 48.0 Å². The highest BCUT2D eigenvalue weighted by Crippen LogP contribution is 2.39. The molecule has 0 N–H and O–H groups in total. The zero-order valence-electron chi connectivity index (χ0n) is 15.3. The fraction of sp³-hybridized carbons (Fsp3) is 0.0909. The average molecular weight is 444 g/mol. The van der Waals surface area contributed by atoms with Gasteiger partial charge in [-0.3, -0.25) is 9.69 Å². The second-order valence-electron chi connectivity index (χ2n) is 6.25. The van der Waals surface area contributed by atoms with Crippen molar-refractivity contribution in [3.8, 4) is 5.75 Å². The lowest BCUT2D eigenvalue weighted by molar-refractivity contribution is -0.113. The van der Waals surface area contributed by atoms with Crippen LogP contribution >= 0.6 is 35.6 Å². The van der Waals surface area contributed by atoms with Crippen LogP contribution in [-0.2, 0) is 4.79 Å². The minimum atomic E-state index is -0.548. The molecule has 0 bridgehead atoms. The number of hydrogen-bond acceptors (Lipinski definition) is 4. The summed E-state index contributed by atoms with van der Waals surface area (Å²) in [5.41, 5.74) is 1.26. The first-order valence-electron chi connectivity index (χ1n) is 8.87. The molecule has 0 saturated carbocycles. The Morgan fingerprint density at radius 3 is 2.76 bits per heavy atom. The second-order valence-corrected chi connectivity index (χ2v) is 8.33. The van der Waals surface area contributed by atoms with Crippen molar-refractivity contribution in [2.24, 2.45) is 0 Å². The number of amides is 1. The maximum atomic E-state index is 13.5. The minimum absolute atomic E-state index is 0.0618. The third-order valence-corrected chi connectivity index (χ3v) is 6.05. The number of thioether (sulfide) groups is 1. The van der Waals surface area contributed by atoms with Gasteiger partial charge in [0.15, 0.2) is 4.32 Å². The molecule has 0 aliphatic carbocycles. The molecule has 1 aliphatic rings. The summed E-state index contributed by atoms with van der Waals surface area (Å²) >= 11 is 12.5. The molecule has 3 aromatic rings. The fourth-order valence-electron chi connectivity index (χ4n) is 3.15. The van der Waals surface area contributed by atoms with Crippen LogP contribution in [0.1, 0.15) is 12.5 Å². The van der Waals surface area contributed by atoms with Gasteiger partial charge in [-0.25, -0.2) is 4.39 Å². The van der Waals surface area contributed by atoms with E-state index in [4.69, 9.17) is 28.6 Å². The Morgan fingerprint density at radius 1 is 1.21 bits per heavy atom. The van der Waals surface area contributed by atoms with Gasteiger partial charge in [-0.2, -0.15) is 0 Å². The maximum absolute atomic E-state index is 13.5. The Labute approximate surface area is 182 Å². The molecule has 3 aromatic carbocycles. The number of nitrogens with zero attached hydrogens (tertiary/aromatic N) is 1. The van der Waals surface area contributed by atoms with Crippen molar-refractivity contribution in [3.63, 3.8) is 0 Å². The van der Waals surface area contributed by atoms with Gasteiger partial charge in [0.2, 0.25) is 0 Å². The zero-order chi connectivity index (χ0) is 20.5. The monoisotopic (exact) mass is 443 g/mol. The van der Waals surface area contributed by atoms with Crippen molar-refractivity contribution in [3.05, 3.63) is 75.9 Å². The smallest absolute Gasteiger partial charge is 0.270 e. The van der Waals surface area contributed by atoms with Crippen molar-refractivity contribution in [1.82, 2.24) is 0 Å². The summed E-state index contributed by atoms with van der Waals surface area (Å²) < 4.78 is 19.7. The van der Waals surface area contributed by atoms with Crippen molar-refractivity contribution in [2.45, 2.75) is 6.92 Å². The summed E-state index contributed by atoms with van der Waals surface area (Å²) in [5, 5.41) is 1.96. The Morgan fingerprint density at radius 2 is 2.00 bits per heavy atom. The molecule has 1 heterocycles. The average Bonchev–Trinajstić information content (AvgIpc) is 2.99. The van der Waals surface area contributed by atoms with Crippen LogP contribution in [0.3, 0.4) is 0 Å². The standard InChI is InChI=1S/C22H15ClFNO2S2/c1-2-27-19-10-7-13-5-3-4-6-15(13)16(19)12-20-21(26)25(22(28)29-20)14-8-9-18(24)17(23)11-14/h3-12H,2H2,1H3. The van der Waals surface area contributed by atoms with E-state index in [2.05, 4.69) is 0 Å². The Balaban J connectivity index is 1.79. The number of carbonyl (C=O) groups is 1. The molecule has 1 amide bonds. The van der Waals surface area contributed by atoms with E-state index in [9.17, 15) is 9.18 Å². The summed E-state index contributed by atoms with van der Waals surface area (Å²) in [6, 6.07) is 15.9. The van der Waals surface area contributed by atoms with Crippen LogP contribution in [0.2, 0.25) is 5.02 Å². The first-order chi connectivity index (χ1) is 14.0. The van der Waals surface area contributed by atoms with E-state index in [-0.39, 0.29) is 10.9 Å². The molecule has 0 spiro atoms. The Kier molecular flexibility index (Phi) is 5.58. The summed E-state index contributed by atoms with van der Waals surface area (Å²) in [5.74, 6) is -0.132. The van der Waals surface area contributed by atoms with Crippen molar-refractivity contribution in [1.29, 1.82) is 0 Å². The molecule has 0 atom stereocenters. The van der Waals surface area contributed by atoms with Crippen LogP contribution < -0.4 is 9.64 Å². The number of hydrogen-bond donors (Lipinski definition) is 0. The number of benzene rings is 3. The molecule has 0 radical (unpaired) electrons.